The number of benzene rings is 2. The standard InChI is InChI=1S/C16H13Cl2N3O3S2/c1-24-11-7-5-10(6-8-11)15-19-20-16(25-15)21-26(22,23)9-12-13(17)3-2-4-14(12)18/h2-8H,9H2,1H3,(H,20,21). The molecule has 3 aromatic rings. The van der Waals surface area contributed by atoms with Crippen molar-refractivity contribution in [2.75, 3.05) is 11.8 Å². The minimum atomic E-state index is -3.74. The molecule has 26 heavy (non-hydrogen) atoms. The molecule has 0 aliphatic rings. The van der Waals surface area contributed by atoms with Crippen molar-refractivity contribution >= 4 is 49.7 Å². The first kappa shape index (κ1) is 18.9. The molecule has 0 spiro atoms. The summed E-state index contributed by atoms with van der Waals surface area (Å²) in [5.41, 5.74) is 1.14. The van der Waals surface area contributed by atoms with Crippen LogP contribution in [0.4, 0.5) is 5.13 Å². The van der Waals surface area contributed by atoms with Gasteiger partial charge >= 0.3 is 0 Å². The van der Waals surface area contributed by atoms with Crippen molar-refractivity contribution in [3.8, 4) is 16.3 Å². The third-order valence-corrected chi connectivity index (χ3v) is 6.30. The molecule has 0 aliphatic carbocycles. The van der Waals surface area contributed by atoms with E-state index in [1.54, 1.807) is 37.4 Å². The molecule has 0 fully saturated rings. The number of hydrogen-bond donors (Lipinski definition) is 1. The number of rotatable bonds is 6. The number of methoxy groups -OCH3 is 1. The van der Waals surface area contributed by atoms with Gasteiger partial charge < -0.3 is 4.74 Å². The maximum atomic E-state index is 12.4. The van der Waals surface area contributed by atoms with Crippen LogP contribution in [0.15, 0.2) is 42.5 Å². The van der Waals surface area contributed by atoms with Crippen molar-refractivity contribution in [3.63, 3.8) is 0 Å². The molecular formula is C16H13Cl2N3O3S2. The van der Waals surface area contributed by atoms with E-state index in [4.69, 9.17) is 27.9 Å². The zero-order valence-corrected chi connectivity index (χ0v) is 16.6. The zero-order chi connectivity index (χ0) is 18.7. The van der Waals surface area contributed by atoms with Crippen LogP contribution < -0.4 is 9.46 Å². The van der Waals surface area contributed by atoms with Gasteiger partial charge in [-0.05, 0) is 36.4 Å². The summed E-state index contributed by atoms with van der Waals surface area (Å²) in [6.45, 7) is 0. The van der Waals surface area contributed by atoms with E-state index < -0.39 is 10.0 Å². The van der Waals surface area contributed by atoms with Crippen LogP contribution in [0.1, 0.15) is 5.56 Å². The predicted octanol–water partition coefficient (Wildman–Crippen LogP) is 4.46. The summed E-state index contributed by atoms with van der Waals surface area (Å²) in [5, 5.41) is 9.24. The summed E-state index contributed by atoms with van der Waals surface area (Å²) < 4.78 is 32.3. The number of nitrogens with one attached hydrogen (secondary N) is 1. The molecule has 1 aromatic heterocycles. The first-order chi connectivity index (χ1) is 12.4. The van der Waals surface area contributed by atoms with Gasteiger partial charge in [-0.15, -0.1) is 10.2 Å². The predicted molar refractivity (Wildman–Crippen MR) is 105 cm³/mol. The van der Waals surface area contributed by atoms with Crippen LogP contribution in [0.3, 0.4) is 0 Å². The highest BCUT2D eigenvalue weighted by molar-refractivity contribution is 7.92. The highest BCUT2D eigenvalue weighted by Crippen LogP contribution is 2.30. The van der Waals surface area contributed by atoms with Crippen molar-refractivity contribution in [2.24, 2.45) is 0 Å². The third-order valence-electron chi connectivity index (χ3n) is 3.40. The van der Waals surface area contributed by atoms with Gasteiger partial charge in [0, 0.05) is 21.2 Å². The van der Waals surface area contributed by atoms with Gasteiger partial charge in [-0.2, -0.15) is 0 Å². The van der Waals surface area contributed by atoms with Crippen LogP contribution in [-0.2, 0) is 15.8 Å². The fraction of sp³-hybridized carbons (Fsp3) is 0.125. The van der Waals surface area contributed by atoms with Crippen molar-refractivity contribution < 1.29 is 13.2 Å². The molecule has 3 rings (SSSR count). The summed E-state index contributed by atoms with van der Waals surface area (Å²) in [6.07, 6.45) is 0. The second-order valence-corrected chi connectivity index (χ2v) is 8.72. The minimum Gasteiger partial charge on any atom is -0.497 e. The fourth-order valence-electron chi connectivity index (χ4n) is 2.14. The van der Waals surface area contributed by atoms with Crippen molar-refractivity contribution in [1.29, 1.82) is 0 Å². The lowest BCUT2D eigenvalue weighted by atomic mass is 10.2. The maximum absolute atomic E-state index is 12.4. The van der Waals surface area contributed by atoms with Crippen molar-refractivity contribution in [2.45, 2.75) is 5.75 Å². The zero-order valence-electron chi connectivity index (χ0n) is 13.4. The fourth-order valence-corrected chi connectivity index (χ4v) is 5.05. The molecule has 0 saturated carbocycles. The lowest BCUT2D eigenvalue weighted by Gasteiger charge is -2.08. The smallest absolute Gasteiger partial charge is 0.238 e. The van der Waals surface area contributed by atoms with E-state index in [0.29, 0.717) is 20.6 Å². The number of halogens is 2. The quantitative estimate of drug-likeness (QED) is 0.625. The highest BCUT2D eigenvalue weighted by atomic mass is 35.5. The summed E-state index contributed by atoms with van der Waals surface area (Å²) in [6, 6.07) is 12.1. The molecule has 6 nitrogen and oxygen atoms in total. The first-order valence-electron chi connectivity index (χ1n) is 7.29. The van der Waals surface area contributed by atoms with Gasteiger partial charge in [0.05, 0.1) is 12.9 Å². The molecule has 0 unspecified atom stereocenters. The summed E-state index contributed by atoms with van der Waals surface area (Å²) in [5.74, 6) is 0.360. The molecule has 0 aliphatic heterocycles. The van der Waals surface area contributed by atoms with Gasteiger partial charge in [0.2, 0.25) is 15.2 Å². The van der Waals surface area contributed by atoms with Gasteiger partial charge in [0.15, 0.2) is 0 Å². The van der Waals surface area contributed by atoms with Crippen LogP contribution >= 0.6 is 34.5 Å². The molecular weight excluding hydrogens is 417 g/mol. The Morgan fingerprint density at radius 1 is 1.08 bits per heavy atom. The van der Waals surface area contributed by atoms with Crippen molar-refractivity contribution in [1.82, 2.24) is 10.2 Å². The van der Waals surface area contributed by atoms with Crippen LogP contribution in [-0.4, -0.2) is 25.7 Å². The van der Waals surface area contributed by atoms with Crippen LogP contribution in [0.5, 0.6) is 5.75 Å². The topological polar surface area (TPSA) is 81.2 Å². The maximum Gasteiger partial charge on any atom is 0.238 e. The number of sulfonamides is 1. The van der Waals surface area contributed by atoms with E-state index in [2.05, 4.69) is 14.9 Å². The first-order valence-corrected chi connectivity index (χ1v) is 10.5. The average Bonchev–Trinajstić information content (AvgIpc) is 3.06. The SMILES string of the molecule is COc1ccc(-c2nnc(NS(=O)(=O)Cc3c(Cl)cccc3Cl)s2)cc1. The molecule has 0 amide bonds. The van der Waals surface area contributed by atoms with Crippen LogP contribution in [0.25, 0.3) is 10.6 Å². The van der Waals surface area contributed by atoms with E-state index in [0.717, 1.165) is 22.6 Å². The normalized spacial score (nSPS) is 11.3. The van der Waals surface area contributed by atoms with E-state index in [9.17, 15) is 8.42 Å². The van der Waals surface area contributed by atoms with E-state index in [1.807, 2.05) is 12.1 Å². The summed E-state index contributed by atoms with van der Waals surface area (Å²) in [7, 11) is -2.16. The second-order valence-electron chi connectivity index (χ2n) is 5.20. The number of nitrogens with zero attached hydrogens (tertiary/aromatic N) is 2. The minimum absolute atomic E-state index is 0.166. The second kappa shape index (κ2) is 7.79. The largest absolute Gasteiger partial charge is 0.497 e. The number of anilines is 1. The summed E-state index contributed by atoms with van der Waals surface area (Å²) >= 11 is 13.2. The lowest BCUT2D eigenvalue weighted by Crippen LogP contribution is -2.15. The monoisotopic (exact) mass is 429 g/mol. The highest BCUT2D eigenvalue weighted by Gasteiger charge is 2.19. The molecule has 0 atom stereocenters. The van der Waals surface area contributed by atoms with E-state index in [-0.39, 0.29) is 10.9 Å². The van der Waals surface area contributed by atoms with Crippen LogP contribution in [0.2, 0.25) is 10.0 Å². The van der Waals surface area contributed by atoms with Crippen molar-refractivity contribution in [3.05, 3.63) is 58.1 Å². The lowest BCUT2D eigenvalue weighted by molar-refractivity contribution is 0.415. The average molecular weight is 430 g/mol. The summed E-state index contributed by atoms with van der Waals surface area (Å²) in [4.78, 5) is 0. The Morgan fingerprint density at radius 3 is 2.35 bits per heavy atom. The van der Waals surface area contributed by atoms with E-state index >= 15 is 0 Å². The number of aromatic nitrogens is 2. The van der Waals surface area contributed by atoms with Gasteiger partial charge in [0.25, 0.3) is 0 Å². The van der Waals surface area contributed by atoms with Crippen LogP contribution in [0, 0.1) is 0 Å². The Hall–Kier alpha value is -1.87. The molecule has 1 N–H and O–H groups in total. The Labute approximate surface area is 164 Å². The Balaban J connectivity index is 1.77. The van der Waals surface area contributed by atoms with Gasteiger partial charge in [0.1, 0.15) is 10.8 Å². The third kappa shape index (κ3) is 4.45. The molecule has 2 aromatic carbocycles. The van der Waals surface area contributed by atoms with Gasteiger partial charge in [-0.1, -0.05) is 40.6 Å². The Kier molecular flexibility index (Phi) is 5.67. The molecule has 0 saturated heterocycles. The molecule has 0 bridgehead atoms. The molecule has 1 heterocycles. The number of ether oxygens (including phenoxy) is 1. The van der Waals surface area contributed by atoms with Gasteiger partial charge in [-0.3, -0.25) is 4.72 Å². The Morgan fingerprint density at radius 2 is 1.73 bits per heavy atom. The van der Waals surface area contributed by atoms with Gasteiger partial charge in [-0.25, -0.2) is 8.42 Å². The Bertz CT molecular complexity index is 1000. The molecule has 10 heteroatoms. The molecule has 0 radical (unpaired) electrons. The number of hydrogen-bond acceptors (Lipinski definition) is 6. The molecule has 136 valence electrons. The van der Waals surface area contributed by atoms with E-state index in [1.165, 1.54) is 0 Å².